The van der Waals surface area contributed by atoms with E-state index < -0.39 is 0 Å². The number of nitrogens with one attached hydrogen (secondary N) is 1. The van der Waals surface area contributed by atoms with Gasteiger partial charge in [0.2, 0.25) is 5.91 Å². The molecule has 0 aromatic rings. The van der Waals surface area contributed by atoms with E-state index in [2.05, 4.69) is 42.2 Å². The summed E-state index contributed by atoms with van der Waals surface area (Å²) in [5.41, 5.74) is 2.25. The zero-order valence-corrected chi connectivity index (χ0v) is 9.44. The topological polar surface area (TPSA) is 38.3 Å². The van der Waals surface area contributed by atoms with E-state index in [1.54, 1.807) is 0 Å². The third-order valence-electron chi connectivity index (χ3n) is 1.07. The van der Waals surface area contributed by atoms with Gasteiger partial charge in [-0.1, -0.05) is 31.9 Å². The summed E-state index contributed by atoms with van der Waals surface area (Å²) in [6.07, 6.45) is 1.29. The highest BCUT2D eigenvalue weighted by atomic mass is 79.9. The van der Waals surface area contributed by atoms with Crippen molar-refractivity contribution < 1.29 is 9.63 Å². The molecular weight excluding hydrogens is 278 g/mol. The molecule has 1 atom stereocenters. The largest absolute Gasteiger partial charge is 0.277 e. The molecule has 0 heterocycles. The maximum Gasteiger partial charge on any atom is 0.243 e. The Hall–Kier alpha value is 0.390. The minimum absolute atomic E-state index is 0.0853. The number of carbonyl (C=O) groups is 1. The highest BCUT2D eigenvalue weighted by Gasteiger charge is 2.05. The van der Waals surface area contributed by atoms with Crippen molar-refractivity contribution in [1.82, 2.24) is 5.48 Å². The molecule has 5 heteroatoms. The Morgan fingerprint density at radius 3 is 2.82 bits per heavy atom. The van der Waals surface area contributed by atoms with Crippen molar-refractivity contribution in [3.63, 3.8) is 0 Å². The molecule has 1 N–H and O–H groups in total. The highest BCUT2D eigenvalue weighted by Crippen LogP contribution is 2.10. The first kappa shape index (κ1) is 11.4. The molecule has 66 valence electrons. The van der Waals surface area contributed by atoms with Crippen LogP contribution >= 0.6 is 31.9 Å². The van der Waals surface area contributed by atoms with E-state index in [0.717, 1.165) is 11.8 Å². The first-order valence-electron chi connectivity index (χ1n) is 3.22. The van der Waals surface area contributed by atoms with E-state index in [1.807, 2.05) is 0 Å². The summed E-state index contributed by atoms with van der Waals surface area (Å²) in [6.45, 7) is 0. The molecule has 1 amide bonds. The fourth-order valence-corrected chi connectivity index (χ4v) is 1.08. The molecule has 0 aromatic carbocycles. The van der Waals surface area contributed by atoms with Crippen LogP contribution in [0.5, 0.6) is 0 Å². The molecule has 0 aliphatic rings. The summed E-state index contributed by atoms with van der Waals surface area (Å²) in [4.78, 5) is 15.6. The molecule has 1 unspecified atom stereocenters. The van der Waals surface area contributed by atoms with E-state index in [1.165, 1.54) is 7.11 Å². The number of hydrogen-bond acceptors (Lipinski definition) is 2. The van der Waals surface area contributed by atoms with E-state index in [-0.39, 0.29) is 5.91 Å². The van der Waals surface area contributed by atoms with E-state index >= 15 is 0 Å². The molecule has 0 radical (unpaired) electrons. The quantitative estimate of drug-likeness (QED) is 0.616. The molecule has 3 nitrogen and oxygen atoms in total. The van der Waals surface area contributed by atoms with Crippen molar-refractivity contribution in [3.8, 4) is 0 Å². The van der Waals surface area contributed by atoms with Crippen LogP contribution < -0.4 is 5.48 Å². The van der Waals surface area contributed by atoms with Crippen molar-refractivity contribution >= 4 is 37.8 Å². The summed E-state index contributed by atoms with van der Waals surface area (Å²) in [7, 11) is 1.42. The molecule has 11 heavy (non-hydrogen) atoms. The average molecular weight is 289 g/mol. The summed E-state index contributed by atoms with van der Waals surface area (Å²) in [6, 6.07) is 0. The maximum absolute atomic E-state index is 10.8. The van der Waals surface area contributed by atoms with Gasteiger partial charge in [0.1, 0.15) is 0 Å². The second-order valence-electron chi connectivity index (χ2n) is 2.02. The Morgan fingerprint density at radius 2 is 2.36 bits per heavy atom. The summed E-state index contributed by atoms with van der Waals surface area (Å²) >= 11 is 6.68. The summed E-state index contributed by atoms with van der Waals surface area (Å²) in [5.74, 6) is -0.0853. The minimum Gasteiger partial charge on any atom is -0.277 e. The van der Waals surface area contributed by atoms with Gasteiger partial charge >= 0.3 is 0 Å². The second-order valence-corrected chi connectivity index (χ2v) is 3.96. The second kappa shape index (κ2) is 7.06. The number of amides is 1. The lowest BCUT2D eigenvalue weighted by atomic mass is 10.2. The van der Waals surface area contributed by atoms with Crippen LogP contribution in [-0.4, -0.2) is 23.2 Å². The van der Waals surface area contributed by atoms with Gasteiger partial charge in [0.25, 0.3) is 0 Å². The van der Waals surface area contributed by atoms with Crippen molar-refractivity contribution in [1.29, 1.82) is 0 Å². The van der Waals surface area contributed by atoms with Gasteiger partial charge in [0.05, 0.1) is 7.11 Å². The van der Waals surface area contributed by atoms with Gasteiger partial charge in [-0.25, -0.2) is 5.48 Å². The lowest BCUT2D eigenvalue weighted by Crippen LogP contribution is -2.22. The number of carbonyl (C=O) groups excluding carboxylic acids is 1. The molecule has 0 aromatic heterocycles. The van der Waals surface area contributed by atoms with Crippen molar-refractivity contribution in [2.45, 2.75) is 17.7 Å². The van der Waals surface area contributed by atoms with E-state index in [9.17, 15) is 4.79 Å². The predicted octanol–water partition coefficient (Wildman–Crippen LogP) is 1.60. The highest BCUT2D eigenvalue weighted by molar-refractivity contribution is 9.12. The van der Waals surface area contributed by atoms with Gasteiger partial charge in [0.15, 0.2) is 0 Å². The summed E-state index contributed by atoms with van der Waals surface area (Å²) in [5, 5.41) is 0.854. The number of alkyl halides is 2. The van der Waals surface area contributed by atoms with Gasteiger partial charge in [-0.2, -0.15) is 0 Å². The van der Waals surface area contributed by atoms with Gasteiger partial charge in [-0.15, -0.1) is 0 Å². The number of hydrogen-bond donors (Lipinski definition) is 1. The monoisotopic (exact) mass is 287 g/mol. The zero-order chi connectivity index (χ0) is 8.69. The zero-order valence-electron chi connectivity index (χ0n) is 6.27. The van der Waals surface area contributed by atoms with Crippen LogP contribution in [-0.2, 0) is 9.63 Å². The molecule has 0 saturated carbocycles. The van der Waals surface area contributed by atoms with Crippen LogP contribution in [0.1, 0.15) is 12.8 Å². The number of rotatable bonds is 5. The fourth-order valence-electron chi connectivity index (χ4n) is 0.530. The molecule has 0 aliphatic carbocycles. The van der Waals surface area contributed by atoms with Crippen LogP contribution in [0.4, 0.5) is 0 Å². The lowest BCUT2D eigenvalue weighted by Gasteiger charge is -2.04. The van der Waals surface area contributed by atoms with E-state index in [0.29, 0.717) is 11.2 Å². The predicted molar refractivity (Wildman–Crippen MR) is 50.9 cm³/mol. The third-order valence-corrected chi connectivity index (χ3v) is 3.50. The average Bonchev–Trinajstić information content (AvgIpc) is 2.01. The number of hydroxylamine groups is 1. The van der Waals surface area contributed by atoms with E-state index in [4.69, 9.17) is 0 Å². The van der Waals surface area contributed by atoms with Crippen molar-refractivity contribution in [3.05, 3.63) is 0 Å². The maximum atomic E-state index is 10.8. The Bertz CT molecular complexity index is 121. The van der Waals surface area contributed by atoms with Crippen molar-refractivity contribution in [2.75, 3.05) is 12.4 Å². The van der Waals surface area contributed by atoms with Gasteiger partial charge in [-0.05, 0) is 6.42 Å². The van der Waals surface area contributed by atoms with Crippen LogP contribution in [0.15, 0.2) is 0 Å². The number of halogens is 2. The SMILES string of the molecule is CONC(=O)CCC(Br)CBr. The molecule has 0 bridgehead atoms. The molecule has 0 fully saturated rings. The van der Waals surface area contributed by atoms with Gasteiger partial charge < -0.3 is 0 Å². The summed E-state index contributed by atoms with van der Waals surface area (Å²) < 4.78 is 0. The lowest BCUT2D eigenvalue weighted by molar-refractivity contribution is -0.131. The fraction of sp³-hybridized carbons (Fsp3) is 0.833. The minimum atomic E-state index is -0.0853. The third kappa shape index (κ3) is 6.77. The van der Waals surface area contributed by atoms with Crippen LogP contribution in [0.2, 0.25) is 0 Å². The Labute approximate surface area is 83.1 Å². The van der Waals surface area contributed by atoms with Crippen LogP contribution in [0.25, 0.3) is 0 Å². The van der Waals surface area contributed by atoms with Crippen LogP contribution in [0.3, 0.4) is 0 Å². The molecule has 0 rings (SSSR count). The molecule has 0 saturated heterocycles. The smallest absolute Gasteiger partial charge is 0.243 e. The Balaban J connectivity index is 3.30. The Kier molecular flexibility index (Phi) is 7.31. The molecule has 0 aliphatic heterocycles. The van der Waals surface area contributed by atoms with Crippen molar-refractivity contribution in [2.24, 2.45) is 0 Å². The standard InChI is InChI=1S/C6H11Br2NO2/c1-11-9-6(10)3-2-5(8)4-7/h5H,2-4H2,1H3,(H,9,10). The molecular formula is C6H11Br2NO2. The van der Waals surface area contributed by atoms with Crippen LogP contribution in [0, 0.1) is 0 Å². The normalized spacial score (nSPS) is 12.6. The first-order chi connectivity index (χ1) is 5.20. The molecule has 0 spiro atoms. The first-order valence-corrected chi connectivity index (χ1v) is 5.26. The van der Waals surface area contributed by atoms with Gasteiger partial charge in [-0.3, -0.25) is 9.63 Å². The van der Waals surface area contributed by atoms with Gasteiger partial charge in [0, 0.05) is 16.6 Å². The Morgan fingerprint density at radius 1 is 1.73 bits per heavy atom.